The van der Waals surface area contributed by atoms with Crippen molar-refractivity contribution in [3.8, 4) is 0 Å². The third-order valence-corrected chi connectivity index (χ3v) is 22.3. The maximum absolute atomic E-state index is 12.9. The van der Waals surface area contributed by atoms with Crippen LogP contribution in [0.25, 0.3) is 10.9 Å². The number of aryl methyl sites for hydroxylation is 6. The first-order valence-electron chi connectivity index (χ1n) is 27.9. The van der Waals surface area contributed by atoms with Crippen LogP contribution in [0.5, 0.6) is 0 Å². The van der Waals surface area contributed by atoms with E-state index in [0.29, 0.717) is 59.6 Å². The van der Waals surface area contributed by atoms with Crippen molar-refractivity contribution in [3.05, 3.63) is 275 Å². The second-order valence-corrected chi connectivity index (χ2v) is 29.8. The molecule has 0 saturated heterocycles. The second-order valence-electron chi connectivity index (χ2n) is 20.7. The highest BCUT2D eigenvalue weighted by Crippen LogP contribution is 2.32. The highest BCUT2D eigenvalue weighted by atomic mass is 32.3. The molecule has 6 N–H and O–H groups in total. The Kier molecular flexibility index (Phi) is 21.9. The number of carbonyl (C=O) groups is 3. The molecule has 23 heteroatoms. The van der Waals surface area contributed by atoms with Crippen LogP contribution in [0.3, 0.4) is 0 Å². The summed E-state index contributed by atoms with van der Waals surface area (Å²) in [6, 6.07) is 60.8. The maximum atomic E-state index is 12.9. The smallest absolute Gasteiger partial charge is 0.335 e. The number of fused-ring (bicyclic) bond motifs is 1. The van der Waals surface area contributed by atoms with E-state index in [1.165, 1.54) is 30.3 Å². The number of hydrogen-bond donors (Lipinski definition) is 6. The first kappa shape index (κ1) is 66.4. The predicted molar refractivity (Wildman–Crippen MR) is 349 cm³/mol. The fraction of sp³-hybridized carbons (Fsp3) is 0.134. The summed E-state index contributed by atoms with van der Waals surface area (Å²) >= 11 is 0.693. The van der Waals surface area contributed by atoms with E-state index in [1.54, 1.807) is 154 Å². The third-order valence-electron chi connectivity index (χ3n) is 13.9. The number of sulfonamides is 3. The zero-order chi connectivity index (χ0) is 64.6. The Bertz CT molecular complexity index is 4640. The quantitative estimate of drug-likeness (QED) is 0.0347. The van der Waals surface area contributed by atoms with Crippen molar-refractivity contribution in [1.29, 1.82) is 0 Å². The number of thiophene rings is 1. The number of aromatic carboxylic acids is 3. The molecule has 0 atom stereocenters. The molecule has 0 unspecified atom stereocenters. The number of aromatic nitrogens is 1. The van der Waals surface area contributed by atoms with Gasteiger partial charge in [-0.15, -0.1) is 11.3 Å². The monoisotopic (exact) mass is 1310 g/mol. The number of hydrogen-bond acceptors (Lipinski definition) is 13. The van der Waals surface area contributed by atoms with Crippen molar-refractivity contribution in [2.75, 3.05) is 14.2 Å². The van der Waals surface area contributed by atoms with Crippen molar-refractivity contribution in [1.82, 2.24) is 4.98 Å². The van der Waals surface area contributed by atoms with Crippen LogP contribution in [0.4, 0.5) is 17.1 Å². The van der Waals surface area contributed by atoms with Crippen LogP contribution < -0.4 is 14.2 Å². The topological polar surface area (TPSA) is 297 Å². The lowest BCUT2D eigenvalue weighted by molar-refractivity contribution is 0.0686. The summed E-state index contributed by atoms with van der Waals surface area (Å²) in [4.78, 5) is 37.6. The van der Waals surface area contributed by atoms with Gasteiger partial charge in [0.05, 0.1) is 32.4 Å². The van der Waals surface area contributed by atoms with Gasteiger partial charge in [0.1, 0.15) is 13.3 Å². The Labute approximate surface area is 526 Å². The Morgan fingerprint density at radius 2 is 0.800 bits per heavy atom. The molecule has 0 radical (unpaired) electrons. The van der Waals surface area contributed by atoms with Gasteiger partial charge in [0.25, 0.3) is 20.0 Å². The number of carboxylic acid groups (broad SMARTS) is 3. The van der Waals surface area contributed by atoms with E-state index in [2.05, 4.69) is 19.2 Å². The molecule has 0 aliphatic carbocycles. The summed E-state index contributed by atoms with van der Waals surface area (Å²) in [6.07, 6.45) is 5.74. The molecule has 10 rings (SSSR count). The van der Waals surface area contributed by atoms with Gasteiger partial charge in [-0.1, -0.05) is 109 Å². The van der Waals surface area contributed by atoms with Crippen molar-refractivity contribution >= 4 is 97.1 Å². The van der Waals surface area contributed by atoms with Crippen LogP contribution in [0.15, 0.2) is 243 Å². The number of nitrogens with zero attached hydrogens (tertiary/aromatic N) is 1. The molecular formula is C67H62N4O14S5. The molecule has 8 aromatic carbocycles. The minimum absolute atomic E-state index is 0.0496. The van der Waals surface area contributed by atoms with Gasteiger partial charge in [-0.3, -0.25) is 19.2 Å². The number of rotatable bonds is 23. The average Bonchev–Trinajstić information content (AvgIpc) is 1.44. The molecule has 0 aliphatic rings. The molecule has 0 amide bonds. The van der Waals surface area contributed by atoms with E-state index in [-0.39, 0.29) is 34.9 Å². The molecule has 0 spiro atoms. The van der Waals surface area contributed by atoms with E-state index >= 15 is 0 Å². The van der Waals surface area contributed by atoms with Crippen molar-refractivity contribution < 1.29 is 63.4 Å². The van der Waals surface area contributed by atoms with E-state index in [9.17, 15) is 48.1 Å². The third kappa shape index (κ3) is 18.3. The first-order chi connectivity index (χ1) is 42.8. The predicted octanol–water partition coefficient (Wildman–Crippen LogP) is 12.7. The van der Waals surface area contributed by atoms with Gasteiger partial charge in [0.15, 0.2) is 0 Å². The van der Waals surface area contributed by atoms with Crippen LogP contribution in [0.2, 0.25) is 0 Å². The highest BCUT2D eigenvalue weighted by Gasteiger charge is 2.25. The van der Waals surface area contributed by atoms with Crippen molar-refractivity contribution in [2.24, 2.45) is 0 Å². The summed E-state index contributed by atoms with van der Waals surface area (Å²) in [5.41, 5.74) is 8.41. The van der Waals surface area contributed by atoms with Crippen molar-refractivity contribution in [3.63, 3.8) is 0 Å². The fourth-order valence-electron chi connectivity index (χ4n) is 8.96. The molecular weight excluding hydrogens is 1250 g/mol. The Morgan fingerprint density at radius 1 is 0.411 bits per heavy atom. The Morgan fingerprint density at radius 3 is 1.23 bits per heavy atom. The fourth-order valence-corrected chi connectivity index (χ4v) is 15.1. The number of carboxylic acids is 3. The zero-order valence-corrected chi connectivity index (χ0v) is 52.6. The van der Waals surface area contributed by atoms with Crippen LogP contribution >= 0.6 is 11.3 Å². The van der Waals surface area contributed by atoms with Crippen LogP contribution in [-0.2, 0) is 78.4 Å². The van der Waals surface area contributed by atoms with Gasteiger partial charge in [0.2, 0.25) is 19.9 Å². The van der Waals surface area contributed by atoms with Gasteiger partial charge in [-0.2, -0.15) is 0 Å². The highest BCUT2D eigenvalue weighted by molar-refractivity contribution is 7.96. The largest absolute Gasteiger partial charge is 0.478 e. The summed E-state index contributed by atoms with van der Waals surface area (Å²) in [6.45, 7) is 3.25. The van der Waals surface area contributed by atoms with E-state index in [4.69, 9.17) is 15.3 Å². The number of pyridine rings is 1. The standard InChI is InChI=1S/C25H21NO6S3.C24H20N2O4S.C18H21NO4S/c27-25(28)20-6-4-5-19(17-20)10-9-18-11-13-21(14-12-18)26-35(31,32)24-16-15-23(33-24)34(29,30)22-7-2-1-3-8-22;27-24(28)20-6-1-4-18(16-20)10-9-17-11-13-21(14-12-17)26-31(29,30)22-8-2-5-19-7-3-15-25-23(19)22;1-13(2)24(22,23)19-17-10-8-14(9-11-17)6-7-15-4-3-5-16(12-15)18(20)21/h1-8,11-17,26H,9-10H2,(H,27,28);1-8,11-16,26H,9-10H2,(H,27,28);3-5,8-13,19H,6-7H2,1-2H3,(H,20,21). The summed E-state index contributed by atoms with van der Waals surface area (Å²) in [5, 5.41) is 27.5. The number of anilines is 3. The van der Waals surface area contributed by atoms with E-state index in [1.807, 2.05) is 54.6 Å². The molecule has 90 heavy (non-hydrogen) atoms. The normalized spacial score (nSPS) is 11.5. The molecule has 2 heterocycles. The molecule has 464 valence electrons. The SMILES string of the molecule is CC(C)S(=O)(=O)Nc1ccc(CCc2cccc(C(=O)O)c2)cc1.O=C(O)c1cccc(CCc2ccc(NS(=O)(=O)c3ccc(S(=O)(=O)c4ccccc4)s3)cc2)c1.O=C(O)c1cccc(CCc2ccc(NS(=O)(=O)c3cccc4cccnc34)cc2)c1. The summed E-state index contributed by atoms with van der Waals surface area (Å²) in [5.74, 6) is -2.85. The van der Waals surface area contributed by atoms with Gasteiger partial charge < -0.3 is 15.3 Å². The number of benzene rings is 8. The van der Waals surface area contributed by atoms with E-state index in [0.717, 1.165) is 51.6 Å². The van der Waals surface area contributed by atoms with Gasteiger partial charge in [0, 0.05) is 28.6 Å². The van der Waals surface area contributed by atoms with Crippen LogP contribution in [-0.4, -0.2) is 77.1 Å². The Hall–Kier alpha value is -9.52. The molecule has 0 saturated carbocycles. The molecule has 0 bridgehead atoms. The number of nitrogens with one attached hydrogen (secondary N) is 3. The summed E-state index contributed by atoms with van der Waals surface area (Å²) < 4.78 is 108. The summed E-state index contributed by atoms with van der Waals surface area (Å²) in [7, 11) is -14.9. The molecule has 0 fully saturated rings. The lowest BCUT2D eigenvalue weighted by Gasteiger charge is -2.11. The Balaban J connectivity index is 0.000000177. The number of sulfone groups is 1. The minimum atomic E-state index is -3.97. The lowest BCUT2D eigenvalue weighted by Crippen LogP contribution is -2.22. The molecule has 18 nitrogen and oxygen atoms in total. The number of para-hydroxylation sites is 1. The average molecular weight is 1310 g/mol. The first-order valence-corrected chi connectivity index (χ1v) is 34.7. The van der Waals surface area contributed by atoms with Gasteiger partial charge in [-0.05, 0) is 195 Å². The van der Waals surface area contributed by atoms with Gasteiger partial charge >= 0.3 is 17.9 Å². The zero-order valence-electron chi connectivity index (χ0n) is 48.5. The van der Waals surface area contributed by atoms with Crippen LogP contribution in [0, 0.1) is 0 Å². The lowest BCUT2D eigenvalue weighted by atomic mass is 10.0. The maximum Gasteiger partial charge on any atom is 0.335 e. The minimum Gasteiger partial charge on any atom is -0.478 e. The molecule has 2 aromatic heterocycles. The van der Waals surface area contributed by atoms with Crippen molar-refractivity contribution in [2.45, 2.75) is 75.8 Å². The second kappa shape index (κ2) is 29.7. The van der Waals surface area contributed by atoms with Crippen LogP contribution in [0.1, 0.15) is 78.3 Å². The molecule has 10 aromatic rings. The molecule has 0 aliphatic heterocycles. The van der Waals surface area contributed by atoms with Gasteiger partial charge in [-0.25, -0.2) is 48.1 Å². The van der Waals surface area contributed by atoms with E-state index < -0.39 is 63.1 Å².